The van der Waals surface area contributed by atoms with Crippen molar-refractivity contribution in [1.82, 2.24) is 4.90 Å². The SMILES string of the molecule is COc1c(NC(=O)C(=O)c2ccc(OCCN3CCOCC3)c3ccccc23)cc(C(C)(C)C)cc1N(CC(N)=O)S(C)(=O)=O. The summed E-state index contributed by atoms with van der Waals surface area (Å²) in [5.74, 6) is -2.12. The number of carbonyl (C=O) groups excluding carboxylic acids is 3. The van der Waals surface area contributed by atoms with Gasteiger partial charge in [-0.3, -0.25) is 23.6 Å². The molecule has 0 radical (unpaired) electrons. The maximum atomic E-state index is 13.6. The van der Waals surface area contributed by atoms with Crippen LogP contribution in [0.15, 0.2) is 48.5 Å². The number of nitrogens with zero attached hydrogens (tertiary/aromatic N) is 2. The van der Waals surface area contributed by atoms with E-state index in [1.165, 1.54) is 7.11 Å². The van der Waals surface area contributed by atoms with Crippen LogP contribution < -0.4 is 24.8 Å². The van der Waals surface area contributed by atoms with Gasteiger partial charge in [-0.1, -0.05) is 45.0 Å². The molecule has 242 valence electrons. The first-order valence-electron chi connectivity index (χ1n) is 14.5. The summed E-state index contributed by atoms with van der Waals surface area (Å²) in [6, 6.07) is 13.6. The number of ether oxygens (including phenoxy) is 3. The summed E-state index contributed by atoms with van der Waals surface area (Å²) < 4.78 is 43.3. The molecule has 3 aromatic rings. The molecule has 0 aromatic heterocycles. The number of morpholine rings is 1. The Bertz CT molecular complexity index is 1700. The van der Waals surface area contributed by atoms with Gasteiger partial charge < -0.3 is 25.3 Å². The molecule has 12 nitrogen and oxygen atoms in total. The van der Waals surface area contributed by atoms with E-state index in [9.17, 15) is 22.8 Å². The molecule has 0 bridgehead atoms. The lowest BCUT2D eigenvalue weighted by atomic mass is 9.86. The van der Waals surface area contributed by atoms with Gasteiger partial charge in [0.15, 0.2) is 5.75 Å². The van der Waals surface area contributed by atoms with Gasteiger partial charge in [0.05, 0.1) is 38.0 Å². The number of methoxy groups -OCH3 is 1. The lowest BCUT2D eigenvalue weighted by molar-refractivity contribution is -0.116. The van der Waals surface area contributed by atoms with Gasteiger partial charge in [-0.2, -0.15) is 0 Å². The Balaban J connectivity index is 1.67. The molecular formula is C32H40N4O8S. The molecule has 3 aromatic carbocycles. The van der Waals surface area contributed by atoms with Crippen LogP contribution in [0.4, 0.5) is 11.4 Å². The van der Waals surface area contributed by atoms with Crippen LogP contribution in [-0.2, 0) is 29.8 Å². The second-order valence-electron chi connectivity index (χ2n) is 11.8. The molecule has 0 aliphatic carbocycles. The zero-order chi connectivity index (χ0) is 32.9. The van der Waals surface area contributed by atoms with Gasteiger partial charge in [0.1, 0.15) is 18.9 Å². The van der Waals surface area contributed by atoms with E-state index in [1.807, 2.05) is 32.9 Å². The number of ketones is 1. The first-order valence-corrected chi connectivity index (χ1v) is 16.3. The van der Waals surface area contributed by atoms with Crippen LogP contribution in [0.5, 0.6) is 11.5 Å². The van der Waals surface area contributed by atoms with Gasteiger partial charge in [-0.25, -0.2) is 8.42 Å². The third-order valence-electron chi connectivity index (χ3n) is 7.46. The summed E-state index contributed by atoms with van der Waals surface area (Å²) in [5, 5.41) is 3.85. The number of carbonyl (C=O) groups is 3. The predicted octanol–water partition coefficient (Wildman–Crippen LogP) is 2.93. The highest BCUT2D eigenvalue weighted by Crippen LogP contribution is 2.41. The van der Waals surface area contributed by atoms with E-state index in [-0.39, 0.29) is 22.7 Å². The van der Waals surface area contributed by atoms with Gasteiger partial charge >= 0.3 is 0 Å². The van der Waals surface area contributed by atoms with E-state index in [0.717, 1.165) is 30.2 Å². The van der Waals surface area contributed by atoms with Crippen molar-refractivity contribution in [3.8, 4) is 11.5 Å². The van der Waals surface area contributed by atoms with Crippen molar-refractivity contribution in [2.24, 2.45) is 5.73 Å². The molecule has 45 heavy (non-hydrogen) atoms. The maximum absolute atomic E-state index is 13.6. The minimum absolute atomic E-state index is 0.00185. The Labute approximate surface area is 263 Å². The van der Waals surface area contributed by atoms with Crippen molar-refractivity contribution in [1.29, 1.82) is 0 Å². The quantitative estimate of drug-likeness (QED) is 0.224. The van der Waals surface area contributed by atoms with Crippen molar-refractivity contribution in [2.75, 3.05) is 69.0 Å². The lowest BCUT2D eigenvalue weighted by Crippen LogP contribution is -2.38. The highest BCUT2D eigenvalue weighted by molar-refractivity contribution is 7.92. The van der Waals surface area contributed by atoms with Crippen molar-refractivity contribution in [2.45, 2.75) is 26.2 Å². The van der Waals surface area contributed by atoms with E-state index in [4.69, 9.17) is 19.9 Å². The van der Waals surface area contributed by atoms with Crippen molar-refractivity contribution in [3.05, 3.63) is 59.7 Å². The fourth-order valence-corrected chi connectivity index (χ4v) is 5.92. The van der Waals surface area contributed by atoms with Gasteiger partial charge in [0.2, 0.25) is 15.9 Å². The number of hydrogen-bond donors (Lipinski definition) is 2. The summed E-state index contributed by atoms with van der Waals surface area (Å²) in [6.07, 6.45) is 0.933. The Morgan fingerprint density at radius 1 is 1.04 bits per heavy atom. The third-order valence-corrected chi connectivity index (χ3v) is 8.59. The Morgan fingerprint density at radius 3 is 2.31 bits per heavy atom. The van der Waals surface area contributed by atoms with E-state index in [2.05, 4.69) is 10.2 Å². The number of sulfonamides is 1. The Hall–Kier alpha value is -4.20. The third kappa shape index (κ3) is 8.10. The fourth-order valence-electron chi connectivity index (χ4n) is 5.07. The van der Waals surface area contributed by atoms with Crippen LogP contribution in [0.2, 0.25) is 0 Å². The normalized spacial score (nSPS) is 14.2. The highest BCUT2D eigenvalue weighted by atomic mass is 32.2. The molecule has 0 saturated carbocycles. The van der Waals surface area contributed by atoms with E-state index < -0.39 is 39.6 Å². The van der Waals surface area contributed by atoms with Gasteiger partial charge in [-0.15, -0.1) is 0 Å². The molecule has 2 amide bonds. The fraction of sp³-hybridized carbons (Fsp3) is 0.406. The summed E-state index contributed by atoms with van der Waals surface area (Å²) in [4.78, 5) is 41.2. The lowest BCUT2D eigenvalue weighted by Gasteiger charge is -2.28. The number of benzene rings is 3. The minimum Gasteiger partial charge on any atom is -0.492 e. The van der Waals surface area contributed by atoms with Gasteiger partial charge in [0, 0.05) is 30.6 Å². The molecule has 0 atom stereocenters. The molecule has 1 fully saturated rings. The van der Waals surface area contributed by atoms with Crippen LogP contribution in [0.1, 0.15) is 36.7 Å². The molecule has 1 aliphatic heterocycles. The zero-order valence-corrected chi connectivity index (χ0v) is 27.0. The van der Waals surface area contributed by atoms with Gasteiger partial charge in [0.25, 0.3) is 11.7 Å². The molecule has 1 aliphatic rings. The van der Waals surface area contributed by atoms with E-state index >= 15 is 0 Å². The number of anilines is 2. The van der Waals surface area contributed by atoms with Crippen molar-refractivity contribution < 1.29 is 37.0 Å². The number of fused-ring (bicyclic) bond motifs is 1. The average Bonchev–Trinajstić information content (AvgIpc) is 2.98. The van der Waals surface area contributed by atoms with Crippen LogP contribution in [0.3, 0.4) is 0 Å². The number of rotatable bonds is 12. The number of nitrogens with two attached hydrogens (primary N) is 1. The number of nitrogens with one attached hydrogen (secondary N) is 1. The highest BCUT2D eigenvalue weighted by Gasteiger charge is 2.30. The predicted molar refractivity (Wildman–Crippen MR) is 173 cm³/mol. The number of Topliss-reactive ketones (excluding diaryl/α,β-unsaturated/α-hetero) is 1. The largest absolute Gasteiger partial charge is 0.492 e. The first kappa shape index (κ1) is 33.7. The second-order valence-corrected chi connectivity index (χ2v) is 13.7. The minimum atomic E-state index is -4.00. The second kappa shape index (κ2) is 13.8. The Kier molecular flexibility index (Phi) is 10.4. The maximum Gasteiger partial charge on any atom is 0.296 e. The van der Waals surface area contributed by atoms with Crippen LogP contribution in [0, 0.1) is 0 Å². The van der Waals surface area contributed by atoms with Crippen molar-refractivity contribution in [3.63, 3.8) is 0 Å². The number of hydrogen-bond acceptors (Lipinski definition) is 9. The first-order chi connectivity index (χ1) is 21.2. The summed E-state index contributed by atoms with van der Waals surface area (Å²) in [5.41, 5.74) is 5.69. The monoisotopic (exact) mass is 640 g/mol. The summed E-state index contributed by atoms with van der Waals surface area (Å²) in [6.45, 7) is 9.28. The Morgan fingerprint density at radius 2 is 1.71 bits per heavy atom. The number of primary amides is 1. The standard InChI is InChI=1S/C32H40N4O8S/c1-32(2,3)21-18-25(30(42-4)26(19-21)36(20-28(33)37)45(5,40)41)34-31(39)29(38)24-10-11-27(23-9-7-6-8-22(23)24)44-17-14-35-12-15-43-16-13-35/h6-11,18-19H,12-17,20H2,1-5H3,(H2,33,37)(H,34,39). The van der Waals surface area contributed by atoms with Crippen molar-refractivity contribution >= 4 is 49.8 Å². The summed E-state index contributed by atoms with van der Waals surface area (Å²) >= 11 is 0. The van der Waals surface area contributed by atoms with Crippen LogP contribution in [0.25, 0.3) is 10.8 Å². The van der Waals surface area contributed by atoms with E-state index in [0.29, 0.717) is 41.9 Å². The van der Waals surface area contributed by atoms with Crippen LogP contribution >= 0.6 is 0 Å². The smallest absolute Gasteiger partial charge is 0.296 e. The van der Waals surface area contributed by atoms with E-state index in [1.54, 1.807) is 36.4 Å². The summed E-state index contributed by atoms with van der Waals surface area (Å²) in [7, 11) is -2.71. The van der Waals surface area contributed by atoms with Gasteiger partial charge in [-0.05, 0) is 40.6 Å². The molecule has 0 spiro atoms. The molecule has 0 unspecified atom stereocenters. The molecule has 4 rings (SSSR count). The molecule has 13 heteroatoms. The molecular weight excluding hydrogens is 600 g/mol. The molecule has 1 heterocycles. The van der Waals surface area contributed by atoms with Crippen LogP contribution in [-0.4, -0.2) is 90.3 Å². The molecule has 3 N–H and O–H groups in total. The average molecular weight is 641 g/mol. The number of amides is 2. The topological polar surface area (TPSA) is 158 Å². The molecule has 1 saturated heterocycles. The zero-order valence-electron chi connectivity index (χ0n) is 26.2.